The van der Waals surface area contributed by atoms with Gasteiger partial charge in [-0.1, -0.05) is 12.2 Å². The van der Waals surface area contributed by atoms with Gasteiger partial charge in [0.05, 0.1) is 0 Å². The number of aliphatic hydroxyl groups is 3. The second kappa shape index (κ2) is 8.23. The van der Waals surface area contributed by atoms with Crippen molar-refractivity contribution in [3.63, 3.8) is 0 Å². The van der Waals surface area contributed by atoms with Gasteiger partial charge < -0.3 is 20.1 Å². The van der Waals surface area contributed by atoms with E-state index in [1.54, 1.807) is 0 Å². The summed E-state index contributed by atoms with van der Waals surface area (Å²) in [6.07, 6.45) is 4.51. The minimum absolute atomic E-state index is 0.238. The normalized spacial score (nSPS) is 12.0. The van der Waals surface area contributed by atoms with E-state index in [-0.39, 0.29) is 13.2 Å². The predicted octanol–water partition coefficient (Wildman–Crippen LogP) is -0.490. The minimum atomic E-state index is -0.491. The Labute approximate surface area is 95.0 Å². The van der Waals surface area contributed by atoms with E-state index in [2.05, 4.69) is 0 Å². The van der Waals surface area contributed by atoms with Crippen molar-refractivity contribution in [1.29, 1.82) is 0 Å². The van der Waals surface area contributed by atoms with Gasteiger partial charge in [-0.05, 0) is 13.3 Å². The van der Waals surface area contributed by atoms with Crippen LogP contribution in [0.1, 0.15) is 19.8 Å². The molecular formula is C10H20NO5+. The smallest absolute Gasteiger partial charge is 0.310 e. The van der Waals surface area contributed by atoms with Crippen LogP contribution in [0, 0.1) is 0 Å². The number of carbonyl (C=O) groups is 1. The lowest BCUT2D eigenvalue weighted by molar-refractivity contribution is -0.990. The molecule has 0 aliphatic carbocycles. The summed E-state index contributed by atoms with van der Waals surface area (Å²) in [5.74, 6) is -0.420. The van der Waals surface area contributed by atoms with Gasteiger partial charge in [0, 0.05) is 6.42 Å². The highest BCUT2D eigenvalue weighted by Gasteiger charge is 2.26. The minimum Gasteiger partial charge on any atom is -0.415 e. The van der Waals surface area contributed by atoms with Gasteiger partial charge in [-0.3, -0.25) is 4.79 Å². The van der Waals surface area contributed by atoms with E-state index < -0.39 is 30.6 Å². The molecule has 0 fully saturated rings. The lowest BCUT2D eigenvalue weighted by atomic mass is 10.3. The summed E-state index contributed by atoms with van der Waals surface area (Å²) in [6.45, 7) is 0.147. The summed E-state index contributed by atoms with van der Waals surface area (Å²) >= 11 is 0. The number of hydrogen-bond acceptors (Lipinski definition) is 5. The number of aliphatic hydroxyl groups excluding tert-OH is 3. The molecule has 0 radical (unpaired) electrons. The fraction of sp³-hybridized carbons (Fsp3) is 0.700. The van der Waals surface area contributed by atoms with Crippen LogP contribution < -0.4 is 0 Å². The molecule has 0 heterocycles. The number of quaternary nitrogens is 1. The Morgan fingerprint density at radius 3 is 2.25 bits per heavy atom. The van der Waals surface area contributed by atoms with Crippen LogP contribution in [0.2, 0.25) is 0 Å². The number of ether oxygens (including phenoxy) is 1. The first kappa shape index (κ1) is 15.0. The number of carbonyl (C=O) groups excluding carboxylic acids is 1. The van der Waals surface area contributed by atoms with E-state index in [4.69, 9.17) is 20.1 Å². The fourth-order valence-corrected chi connectivity index (χ4v) is 0.906. The maximum Gasteiger partial charge on any atom is 0.310 e. The molecule has 0 aromatic rings. The quantitative estimate of drug-likeness (QED) is 0.228. The second-order valence-electron chi connectivity index (χ2n) is 3.52. The standard InChI is InChI=1S/C10H20NO5/c1-2-3-4-5-10(15)16-9-11(6-12,7-13)8-14/h2-3,12-14H,4-9H2,1H3/q+1/b3-2+. The summed E-state index contributed by atoms with van der Waals surface area (Å²) in [6, 6.07) is 0. The summed E-state index contributed by atoms with van der Waals surface area (Å²) in [4.78, 5) is 11.2. The first-order valence-corrected chi connectivity index (χ1v) is 5.08. The van der Waals surface area contributed by atoms with Crippen molar-refractivity contribution in [2.75, 3.05) is 26.9 Å². The Balaban J connectivity index is 3.96. The third kappa shape index (κ3) is 5.22. The lowest BCUT2D eigenvalue weighted by Gasteiger charge is -2.30. The van der Waals surface area contributed by atoms with Crippen LogP contribution in [0.15, 0.2) is 12.2 Å². The molecule has 0 saturated heterocycles. The topological polar surface area (TPSA) is 87.0 Å². The lowest BCUT2D eigenvalue weighted by Crippen LogP contribution is -2.52. The van der Waals surface area contributed by atoms with Crippen LogP contribution in [0.4, 0.5) is 0 Å². The van der Waals surface area contributed by atoms with Crippen molar-refractivity contribution >= 4 is 5.97 Å². The molecule has 0 aromatic heterocycles. The maximum atomic E-state index is 11.2. The van der Waals surface area contributed by atoms with Crippen LogP contribution in [0.25, 0.3) is 0 Å². The maximum absolute atomic E-state index is 11.2. The number of esters is 1. The van der Waals surface area contributed by atoms with Gasteiger partial charge in [0.25, 0.3) is 0 Å². The Morgan fingerprint density at radius 1 is 1.25 bits per heavy atom. The van der Waals surface area contributed by atoms with Crippen LogP contribution in [-0.2, 0) is 9.53 Å². The van der Waals surface area contributed by atoms with Gasteiger partial charge in [0.2, 0.25) is 6.73 Å². The Morgan fingerprint density at radius 2 is 1.81 bits per heavy atom. The summed E-state index contributed by atoms with van der Waals surface area (Å²) in [5, 5.41) is 26.9. The molecule has 0 aromatic carbocycles. The highest BCUT2D eigenvalue weighted by molar-refractivity contribution is 5.69. The largest absolute Gasteiger partial charge is 0.415 e. The van der Waals surface area contributed by atoms with E-state index in [1.807, 2.05) is 19.1 Å². The molecule has 0 saturated carbocycles. The van der Waals surface area contributed by atoms with Crippen LogP contribution >= 0.6 is 0 Å². The van der Waals surface area contributed by atoms with Crippen molar-refractivity contribution < 1.29 is 29.3 Å². The van der Waals surface area contributed by atoms with Crippen LogP contribution in [0.3, 0.4) is 0 Å². The molecule has 0 bridgehead atoms. The number of hydrogen-bond donors (Lipinski definition) is 3. The summed E-state index contributed by atoms with van der Waals surface area (Å²) < 4.78 is 4.37. The highest BCUT2D eigenvalue weighted by Crippen LogP contribution is 2.04. The van der Waals surface area contributed by atoms with Crippen molar-refractivity contribution in [2.24, 2.45) is 0 Å². The fourth-order valence-electron chi connectivity index (χ4n) is 0.906. The van der Waals surface area contributed by atoms with E-state index in [1.165, 1.54) is 0 Å². The zero-order chi connectivity index (χ0) is 12.4. The number of nitrogens with zero attached hydrogens (tertiary/aromatic N) is 1. The van der Waals surface area contributed by atoms with E-state index in [9.17, 15) is 4.79 Å². The molecule has 0 aliphatic heterocycles. The van der Waals surface area contributed by atoms with Gasteiger partial charge >= 0.3 is 5.97 Å². The molecular weight excluding hydrogens is 214 g/mol. The van der Waals surface area contributed by atoms with Gasteiger partial charge in [-0.2, -0.15) is 0 Å². The highest BCUT2D eigenvalue weighted by atomic mass is 16.6. The van der Waals surface area contributed by atoms with E-state index >= 15 is 0 Å². The first-order valence-electron chi connectivity index (χ1n) is 5.08. The number of allylic oxidation sites excluding steroid dienone is 2. The Hall–Kier alpha value is -0.950. The van der Waals surface area contributed by atoms with Crippen molar-refractivity contribution in [1.82, 2.24) is 0 Å². The molecule has 0 aliphatic rings. The van der Waals surface area contributed by atoms with Crippen molar-refractivity contribution in [2.45, 2.75) is 19.8 Å². The molecule has 94 valence electrons. The Bertz CT molecular complexity index is 217. The molecule has 0 atom stereocenters. The van der Waals surface area contributed by atoms with Crippen molar-refractivity contribution in [3.8, 4) is 0 Å². The molecule has 6 nitrogen and oxygen atoms in total. The van der Waals surface area contributed by atoms with Gasteiger partial charge in [-0.25, -0.2) is 4.48 Å². The first-order chi connectivity index (χ1) is 7.64. The SMILES string of the molecule is C/C=C/CCC(=O)OC[N+](CO)(CO)CO. The third-order valence-corrected chi connectivity index (χ3v) is 2.15. The average Bonchev–Trinajstić information content (AvgIpc) is 2.32. The summed E-state index contributed by atoms with van der Waals surface area (Å²) in [7, 11) is 0. The van der Waals surface area contributed by atoms with E-state index in [0.717, 1.165) is 0 Å². The monoisotopic (exact) mass is 234 g/mol. The molecule has 6 heteroatoms. The van der Waals surface area contributed by atoms with Crippen LogP contribution in [-0.4, -0.2) is 52.7 Å². The van der Waals surface area contributed by atoms with Crippen molar-refractivity contribution in [3.05, 3.63) is 12.2 Å². The molecule has 0 amide bonds. The third-order valence-electron chi connectivity index (χ3n) is 2.15. The van der Waals surface area contributed by atoms with Gasteiger partial charge in [-0.15, -0.1) is 0 Å². The zero-order valence-corrected chi connectivity index (χ0v) is 9.50. The van der Waals surface area contributed by atoms with Gasteiger partial charge in [0.1, 0.15) is 0 Å². The van der Waals surface area contributed by atoms with Gasteiger partial charge in [0.15, 0.2) is 20.2 Å². The number of rotatable bonds is 8. The Kier molecular flexibility index (Phi) is 7.74. The molecule has 3 N–H and O–H groups in total. The zero-order valence-electron chi connectivity index (χ0n) is 9.50. The average molecular weight is 234 g/mol. The van der Waals surface area contributed by atoms with E-state index in [0.29, 0.717) is 6.42 Å². The van der Waals surface area contributed by atoms with Crippen LogP contribution in [0.5, 0.6) is 0 Å². The molecule has 16 heavy (non-hydrogen) atoms. The predicted molar refractivity (Wildman–Crippen MR) is 56.5 cm³/mol. The molecule has 0 rings (SSSR count). The molecule has 0 spiro atoms. The second-order valence-corrected chi connectivity index (χ2v) is 3.52. The molecule has 0 unspecified atom stereocenters. The summed E-state index contributed by atoms with van der Waals surface area (Å²) in [5.41, 5.74) is 0.